The van der Waals surface area contributed by atoms with E-state index in [4.69, 9.17) is 4.74 Å². The van der Waals surface area contributed by atoms with Crippen LogP contribution in [0.3, 0.4) is 0 Å². The van der Waals surface area contributed by atoms with Crippen LogP contribution in [-0.4, -0.2) is 17.5 Å². The molecule has 0 saturated heterocycles. The standard InChI is InChI=1S/C13H13NO2/c1-9-3-2-4-11-13(9)10(7-15)12-8-16-6-5-14(11)12/h2-4,7H,5-6,8H2,1H3. The highest BCUT2D eigenvalue weighted by Gasteiger charge is 2.20. The number of ether oxygens (including phenoxy) is 1. The molecule has 82 valence electrons. The molecule has 0 saturated carbocycles. The number of aryl methyl sites for hydroxylation is 1. The van der Waals surface area contributed by atoms with Crippen molar-refractivity contribution in [3.63, 3.8) is 0 Å². The maximum Gasteiger partial charge on any atom is 0.152 e. The molecule has 1 aliphatic rings. The van der Waals surface area contributed by atoms with Crippen LogP contribution >= 0.6 is 0 Å². The van der Waals surface area contributed by atoms with E-state index in [0.717, 1.165) is 47.2 Å². The zero-order valence-corrected chi connectivity index (χ0v) is 9.19. The lowest BCUT2D eigenvalue weighted by molar-refractivity contribution is 0.0849. The first-order valence-corrected chi connectivity index (χ1v) is 5.46. The third-order valence-corrected chi connectivity index (χ3v) is 3.26. The highest BCUT2D eigenvalue weighted by Crippen LogP contribution is 2.29. The van der Waals surface area contributed by atoms with Gasteiger partial charge in [0.05, 0.1) is 18.9 Å². The summed E-state index contributed by atoms with van der Waals surface area (Å²) in [5.41, 5.74) is 4.13. The zero-order valence-electron chi connectivity index (χ0n) is 9.19. The van der Waals surface area contributed by atoms with Crippen LogP contribution in [0.15, 0.2) is 18.2 Å². The Balaban J connectivity index is 2.46. The molecule has 16 heavy (non-hydrogen) atoms. The topological polar surface area (TPSA) is 31.2 Å². The fraction of sp³-hybridized carbons (Fsp3) is 0.308. The second kappa shape index (κ2) is 3.46. The lowest BCUT2D eigenvalue weighted by Crippen LogP contribution is -2.16. The molecule has 0 amide bonds. The van der Waals surface area contributed by atoms with Gasteiger partial charge in [0, 0.05) is 23.0 Å². The van der Waals surface area contributed by atoms with E-state index >= 15 is 0 Å². The minimum absolute atomic E-state index is 0.544. The molecule has 0 atom stereocenters. The summed E-state index contributed by atoms with van der Waals surface area (Å²) in [6, 6.07) is 6.15. The van der Waals surface area contributed by atoms with Crippen LogP contribution in [0.2, 0.25) is 0 Å². The Morgan fingerprint density at radius 3 is 3.12 bits per heavy atom. The second-order valence-corrected chi connectivity index (χ2v) is 4.15. The fourth-order valence-electron chi connectivity index (χ4n) is 2.53. The fourth-order valence-corrected chi connectivity index (χ4v) is 2.53. The molecule has 1 aromatic carbocycles. The lowest BCUT2D eigenvalue weighted by atomic mass is 10.1. The largest absolute Gasteiger partial charge is 0.373 e. The molecule has 0 N–H and O–H groups in total. The van der Waals surface area contributed by atoms with E-state index in [-0.39, 0.29) is 0 Å². The van der Waals surface area contributed by atoms with Crippen molar-refractivity contribution in [2.45, 2.75) is 20.1 Å². The van der Waals surface area contributed by atoms with E-state index in [1.54, 1.807) is 0 Å². The molecular formula is C13H13NO2. The molecule has 0 bridgehead atoms. The molecule has 0 radical (unpaired) electrons. The van der Waals surface area contributed by atoms with Gasteiger partial charge in [-0.25, -0.2) is 0 Å². The van der Waals surface area contributed by atoms with Crippen molar-refractivity contribution in [2.75, 3.05) is 6.61 Å². The van der Waals surface area contributed by atoms with Gasteiger partial charge in [-0.3, -0.25) is 4.79 Å². The third-order valence-electron chi connectivity index (χ3n) is 3.26. The van der Waals surface area contributed by atoms with Crippen molar-refractivity contribution in [1.82, 2.24) is 4.57 Å². The quantitative estimate of drug-likeness (QED) is 0.683. The van der Waals surface area contributed by atoms with Gasteiger partial charge in [-0.2, -0.15) is 0 Å². The number of carbonyl (C=O) groups is 1. The van der Waals surface area contributed by atoms with Crippen LogP contribution in [0.4, 0.5) is 0 Å². The van der Waals surface area contributed by atoms with Gasteiger partial charge >= 0.3 is 0 Å². The summed E-state index contributed by atoms with van der Waals surface area (Å²) >= 11 is 0. The van der Waals surface area contributed by atoms with Crippen molar-refractivity contribution >= 4 is 17.2 Å². The minimum atomic E-state index is 0.544. The molecule has 2 aromatic rings. The number of carbonyl (C=O) groups excluding carboxylic acids is 1. The van der Waals surface area contributed by atoms with Gasteiger partial charge in [0.1, 0.15) is 0 Å². The lowest BCUT2D eigenvalue weighted by Gasteiger charge is -2.16. The van der Waals surface area contributed by atoms with Crippen LogP contribution in [0, 0.1) is 6.92 Å². The highest BCUT2D eigenvalue weighted by atomic mass is 16.5. The number of hydrogen-bond donors (Lipinski definition) is 0. The summed E-state index contributed by atoms with van der Waals surface area (Å²) in [6.45, 7) is 4.15. The van der Waals surface area contributed by atoms with Crippen molar-refractivity contribution in [1.29, 1.82) is 0 Å². The minimum Gasteiger partial charge on any atom is -0.373 e. The molecule has 0 fully saturated rings. The maximum atomic E-state index is 11.2. The van der Waals surface area contributed by atoms with E-state index in [1.165, 1.54) is 0 Å². The van der Waals surface area contributed by atoms with E-state index in [9.17, 15) is 4.79 Å². The smallest absolute Gasteiger partial charge is 0.152 e. The van der Waals surface area contributed by atoms with Crippen LogP contribution in [0.5, 0.6) is 0 Å². The Morgan fingerprint density at radius 1 is 1.44 bits per heavy atom. The Hall–Kier alpha value is -1.61. The molecule has 1 aliphatic heterocycles. The van der Waals surface area contributed by atoms with E-state index in [2.05, 4.69) is 10.6 Å². The molecule has 3 heteroatoms. The molecule has 0 aliphatic carbocycles. The van der Waals surface area contributed by atoms with Gasteiger partial charge in [-0.15, -0.1) is 0 Å². The molecule has 2 heterocycles. The van der Waals surface area contributed by atoms with Crippen molar-refractivity contribution in [3.8, 4) is 0 Å². The summed E-state index contributed by atoms with van der Waals surface area (Å²) in [5.74, 6) is 0. The molecule has 3 nitrogen and oxygen atoms in total. The summed E-state index contributed by atoms with van der Waals surface area (Å²) < 4.78 is 7.63. The van der Waals surface area contributed by atoms with Gasteiger partial charge in [0.2, 0.25) is 0 Å². The summed E-state index contributed by atoms with van der Waals surface area (Å²) in [7, 11) is 0. The number of aldehydes is 1. The van der Waals surface area contributed by atoms with Gasteiger partial charge in [-0.1, -0.05) is 12.1 Å². The number of rotatable bonds is 1. The Bertz CT molecular complexity index is 569. The monoisotopic (exact) mass is 215 g/mol. The van der Waals surface area contributed by atoms with Gasteiger partial charge in [-0.05, 0) is 18.6 Å². The van der Waals surface area contributed by atoms with Crippen LogP contribution in [0.25, 0.3) is 10.9 Å². The summed E-state index contributed by atoms with van der Waals surface area (Å²) in [4.78, 5) is 11.2. The van der Waals surface area contributed by atoms with Crippen molar-refractivity contribution < 1.29 is 9.53 Å². The molecule has 0 unspecified atom stereocenters. The summed E-state index contributed by atoms with van der Waals surface area (Å²) in [6.07, 6.45) is 0.954. The first-order chi connectivity index (χ1) is 7.83. The zero-order chi connectivity index (χ0) is 11.1. The second-order valence-electron chi connectivity index (χ2n) is 4.15. The number of benzene rings is 1. The third kappa shape index (κ3) is 1.15. The number of aromatic nitrogens is 1. The van der Waals surface area contributed by atoms with Gasteiger partial charge in [0.15, 0.2) is 6.29 Å². The predicted molar refractivity (Wildman–Crippen MR) is 61.7 cm³/mol. The summed E-state index contributed by atoms with van der Waals surface area (Å²) in [5, 5.41) is 1.08. The SMILES string of the molecule is Cc1cccc2c1c(C=O)c1n2CCOC1. The predicted octanol–water partition coefficient (Wildman–Crippen LogP) is 2.29. The van der Waals surface area contributed by atoms with E-state index in [1.807, 2.05) is 19.1 Å². The van der Waals surface area contributed by atoms with Gasteiger partial charge in [0.25, 0.3) is 0 Å². The van der Waals surface area contributed by atoms with Crippen LogP contribution < -0.4 is 0 Å². The van der Waals surface area contributed by atoms with E-state index < -0.39 is 0 Å². The average molecular weight is 215 g/mol. The Morgan fingerprint density at radius 2 is 2.31 bits per heavy atom. The van der Waals surface area contributed by atoms with E-state index in [0.29, 0.717) is 6.61 Å². The number of fused-ring (bicyclic) bond motifs is 3. The van der Waals surface area contributed by atoms with Crippen molar-refractivity contribution in [2.24, 2.45) is 0 Å². The van der Waals surface area contributed by atoms with Crippen LogP contribution in [-0.2, 0) is 17.9 Å². The average Bonchev–Trinajstić information content (AvgIpc) is 2.65. The Kier molecular flexibility index (Phi) is 2.07. The number of hydrogen-bond acceptors (Lipinski definition) is 2. The maximum absolute atomic E-state index is 11.2. The molecular weight excluding hydrogens is 202 g/mol. The first kappa shape index (κ1) is 9.60. The number of nitrogens with zero attached hydrogens (tertiary/aromatic N) is 1. The van der Waals surface area contributed by atoms with Crippen molar-refractivity contribution in [3.05, 3.63) is 35.0 Å². The first-order valence-electron chi connectivity index (χ1n) is 5.46. The molecule has 0 spiro atoms. The molecule has 3 rings (SSSR count). The highest BCUT2D eigenvalue weighted by molar-refractivity contribution is 6.01. The molecule has 1 aromatic heterocycles. The normalized spacial score (nSPS) is 15.1. The van der Waals surface area contributed by atoms with Gasteiger partial charge < -0.3 is 9.30 Å². The van der Waals surface area contributed by atoms with Crippen LogP contribution in [0.1, 0.15) is 21.6 Å². The Labute approximate surface area is 93.6 Å².